The highest BCUT2D eigenvalue weighted by Crippen LogP contribution is 2.18. The molecular weight excluding hydrogens is 332 g/mol. The van der Waals surface area contributed by atoms with Crippen LogP contribution in [0.5, 0.6) is 5.75 Å². The fourth-order valence-electron chi connectivity index (χ4n) is 2.36. The number of hydrogen-bond donors (Lipinski definition) is 1. The van der Waals surface area contributed by atoms with Crippen LogP contribution in [-0.2, 0) is 13.0 Å². The summed E-state index contributed by atoms with van der Waals surface area (Å²) in [6, 6.07) is 16.1. The third kappa shape index (κ3) is 4.22. The Morgan fingerprint density at radius 1 is 1.20 bits per heavy atom. The van der Waals surface area contributed by atoms with Crippen LogP contribution in [0.25, 0.3) is 0 Å². The van der Waals surface area contributed by atoms with E-state index >= 15 is 0 Å². The van der Waals surface area contributed by atoms with Gasteiger partial charge in [-0.3, -0.25) is 5.10 Å². The predicted molar refractivity (Wildman–Crippen MR) is 102 cm³/mol. The Kier molecular flexibility index (Phi) is 5.40. The van der Waals surface area contributed by atoms with E-state index < -0.39 is 0 Å². The normalized spacial score (nSPS) is 11.1. The maximum Gasteiger partial charge on any atom is 0.216 e. The van der Waals surface area contributed by atoms with Crippen molar-refractivity contribution in [1.29, 1.82) is 0 Å². The van der Waals surface area contributed by atoms with Gasteiger partial charge in [-0.1, -0.05) is 48.9 Å². The van der Waals surface area contributed by atoms with E-state index in [1.165, 1.54) is 5.56 Å². The molecular formula is C19H20N4OS. The van der Waals surface area contributed by atoms with Crippen LogP contribution in [0.1, 0.15) is 29.4 Å². The molecule has 0 unspecified atom stereocenters. The summed E-state index contributed by atoms with van der Waals surface area (Å²) < 4.78 is 8.08. The highest BCUT2D eigenvalue weighted by Gasteiger charge is 2.04. The monoisotopic (exact) mass is 352 g/mol. The lowest BCUT2D eigenvalue weighted by Gasteiger charge is -2.09. The standard InChI is InChI=1S/C19H20N4OS/c1-3-18-21-22-19(25)23(18)20-12-16-6-4-5-7-17(16)24-13-15-10-8-14(2)9-11-15/h4-12H,3,13H2,1-2H3,(H,22,25)/b20-12+. The summed E-state index contributed by atoms with van der Waals surface area (Å²) in [5.41, 5.74) is 3.25. The van der Waals surface area contributed by atoms with E-state index in [9.17, 15) is 0 Å². The number of nitrogens with one attached hydrogen (secondary N) is 1. The molecule has 1 aromatic heterocycles. The molecule has 0 spiro atoms. The Hall–Kier alpha value is -2.73. The van der Waals surface area contributed by atoms with Crippen molar-refractivity contribution in [1.82, 2.24) is 14.9 Å². The first-order valence-electron chi connectivity index (χ1n) is 8.15. The van der Waals surface area contributed by atoms with Gasteiger partial charge in [0, 0.05) is 12.0 Å². The summed E-state index contributed by atoms with van der Waals surface area (Å²) in [6.07, 6.45) is 2.49. The van der Waals surface area contributed by atoms with Crippen LogP contribution < -0.4 is 4.74 Å². The maximum absolute atomic E-state index is 5.97. The van der Waals surface area contributed by atoms with Crippen molar-refractivity contribution >= 4 is 18.4 Å². The lowest BCUT2D eigenvalue weighted by Crippen LogP contribution is -2.00. The Morgan fingerprint density at radius 2 is 1.96 bits per heavy atom. The van der Waals surface area contributed by atoms with Gasteiger partial charge in [0.25, 0.3) is 0 Å². The third-order valence-electron chi connectivity index (χ3n) is 3.78. The van der Waals surface area contributed by atoms with Crippen LogP contribution in [0.4, 0.5) is 0 Å². The maximum atomic E-state index is 5.97. The van der Waals surface area contributed by atoms with E-state index in [1.807, 2.05) is 31.2 Å². The van der Waals surface area contributed by atoms with Gasteiger partial charge in [-0.2, -0.15) is 14.9 Å². The number of hydrogen-bond acceptors (Lipinski definition) is 4. The smallest absolute Gasteiger partial charge is 0.216 e. The highest BCUT2D eigenvalue weighted by atomic mass is 32.1. The van der Waals surface area contributed by atoms with Gasteiger partial charge in [0.1, 0.15) is 12.4 Å². The molecule has 0 aliphatic rings. The van der Waals surface area contributed by atoms with E-state index in [0.29, 0.717) is 11.4 Å². The molecule has 128 valence electrons. The topological polar surface area (TPSA) is 55.2 Å². The van der Waals surface area contributed by atoms with Gasteiger partial charge in [0.2, 0.25) is 4.77 Å². The van der Waals surface area contributed by atoms with E-state index in [0.717, 1.165) is 29.1 Å². The molecule has 25 heavy (non-hydrogen) atoms. The van der Waals surface area contributed by atoms with Crippen molar-refractivity contribution in [2.75, 3.05) is 0 Å². The van der Waals surface area contributed by atoms with Crippen molar-refractivity contribution < 1.29 is 4.74 Å². The quantitative estimate of drug-likeness (QED) is 0.532. The van der Waals surface area contributed by atoms with Crippen LogP contribution in [-0.4, -0.2) is 21.1 Å². The number of nitrogens with zero attached hydrogens (tertiary/aromatic N) is 3. The molecule has 6 heteroatoms. The van der Waals surface area contributed by atoms with E-state index in [1.54, 1.807) is 10.9 Å². The van der Waals surface area contributed by atoms with Crippen LogP contribution in [0.3, 0.4) is 0 Å². The molecule has 0 fully saturated rings. The first-order chi connectivity index (χ1) is 12.2. The molecule has 5 nitrogen and oxygen atoms in total. The average Bonchev–Trinajstić information content (AvgIpc) is 3.00. The SMILES string of the molecule is CCc1n[nH]c(=S)n1/N=C/c1ccccc1OCc1ccc(C)cc1. The van der Waals surface area contributed by atoms with Gasteiger partial charge in [0.15, 0.2) is 5.82 Å². The Bertz CT molecular complexity index is 925. The minimum absolute atomic E-state index is 0.478. The molecule has 0 aliphatic heterocycles. The zero-order valence-electron chi connectivity index (χ0n) is 14.3. The molecule has 2 aromatic carbocycles. The predicted octanol–water partition coefficient (Wildman–Crippen LogP) is 4.27. The molecule has 1 N–H and O–H groups in total. The molecule has 0 saturated carbocycles. The van der Waals surface area contributed by atoms with Crippen LogP contribution in [0.15, 0.2) is 53.6 Å². The summed E-state index contributed by atoms with van der Waals surface area (Å²) in [6.45, 7) is 4.59. The molecule has 0 saturated heterocycles. The first-order valence-corrected chi connectivity index (χ1v) is 8.56. The lowest BCUT2D eigenvalue weighted by molar-refractivity contribution is 0.306. The minimum atomic E-state index is 0.478. The summed E-state index contributed by atoms with van der Waals surface area (Å²) in [7, 11) is 0. The zero-order chi connectivity index (χ0) is 17.6. The number of aromatic nitrogens is 3. The number of aromatic amines is 1. The van der Waals surface area contributed by atoms with Crippen LogP contribution >= 0.6 is 12.2 Å². The number of para-hydroxylation sites is 1. The lowest BCUT2D eigenvalue weighted by atomic mass is 10.1. The van der Waals surface area contributed by atoms with E-state index in [2.05, 4.69) is 46.5 Å². The van der Waals surface area contributed by atoms with Crippen molar-refractivity contribution in [3.8, 4) is 5.75 Å². The molecule has 0 bridgehead atoms. The van der Waals surface area contributed by atoms with Crippen molar-refractivity contribution in [3.63, 3.8) is 0 Å². The Balaban J connectivity index is 1.78. The first kappa shape index (κ1) is 17.1. The van der Waals surface area contributed by atoms with Crippen molar-refractivity contribution in [3.05, 3.63) is 75.8 Å². The van der Waals surface area contributed by atoms with Gasteiger partial charge in [0.05, 0.1) is 6.21 Å². The summed E-state index contributed by atoms with van der Waals surface area (Å²) in [5.74, 6) is 1.57. The molecule has 0 atom stereocenters. The number of benzene rings is 2. The number of H-pyrrole nitrogens is 1. The summed E-state index contributed by atoms with van der Waals surface area (Å²) in [5, 5.41) is 11.4. The summed E-state index contributed by atoms with van der Waals surface area (Å²) >= 11 is 5.21. The Labute approximate surface area is 152 Å². The fourth-order valence-corrected chi connectivity index (χ4v) is 2.55. The zero-order valence-corrected chi connectivity index (χ0v) is 15.1. The van der Waals surface area contributed by atoms with Crippen LogP contribution in [0, 0.1) is 11.7 Å². The van der Waals surface area contributed by atoms with Crippen molar-refractivity contribution in [2.45, 2.75) is 26.9 Å². The van der Waals surface area contributed by atoms with Gasteiger partial charge < -0.3 is 4.74 Å². The Morgan fingerprint density at radius 3 is 2.72 bits per heavy atom. The average molecular weight is 352 g/mol. The second-order valence-corrected chi connectivity index (χ2v) is 6.05. The second kappa shape index (κ2) is 7.90. The molecule has 0 amide bonds. The molecule has 3 rings (SSSR count). The van der Waals surface area contributed by atoms with Gasteiger partial charge in [-0.15, -0.1) is 0 Å². The molecule has 1 heterocycles. The molecule has 0 radical (unpaired) electrons. The summed E-state index contributed by atoms with van der Waals surface area (Å²) in [4.78, 5) is 0. The van der Waals surface area contributed by atoms with Crippen molar-refractivity contribution in [2.24, 2.45) is 5.10 Å². The minimum Gasteiger partial charge on any atom is -0.488 e. The largest absolute Gasteiger partial charge is 0.488 e. The van der Waals surface area contributed by atoms with E-state index in [-0.39, 0.29) is 0 Å². The van der Waals surface area contributed by atoms with E-state index in [4.69, 9.17) is 17.0 Å². The van der Waals surface area contributed by atoms with Gasteiger partial charge >= 0.3 is 0 Å². The number of ether oxygens (including phenoxy) is 1. The number of rotatable bonds is 6. The highest BCUT2D eigenvalue weighted by molar-refractivity contribution is 7.71. The third-order valence-corrected chi connectivity index (χ3v) is 4.04. The molecule has 3 aromatic rings. The molecule has 0 aliphatic carbocycles. The van der Waals surface area contributed by atoms with Gasteiger partial charge in [-0.05, 0) is 36.8 Å². The van der Waals surface area contributed by atoms with Crippen LogP contribution in [0.2, 0.25) is 0 Å². The number of aryl methyl sites for hydroxylation is 2. The van der Waals surface area contributed by atoms with Gasteiger partial charge in [-0.25, -0.2) is 0 Å². The second-order valence-electron chi connectivity index (χ2n) is 5.67. The fraction of sp³-hybridized carbons (Fsp3) is 0.211.